The zero-order valence-electron chi connectivity index (χ0n) is 12.7. The summed E-state index contributed by atoms with van der Waals surface area (Å²) in [7, 11) is 6.64. The predicted molar refractivity (Wildman–Crippen MR) is 77.6 cm³/mol. The molecular formula is C14H20N4O3. The maximum Gasteiger partial charge on any atom is 0.203 e. The average Bonchev–Trinajstić information content (AvgIpc) is 2.91. The first kappa shape index (κ1) is 15.1. The molecule has 0 aliphatic carbocycles. The smallest absolute Gasteiger partial charge is 0.203 e. The first-order valence-corrected chi connectivity index (χ1v) is 6.52. The minimum atomic E-state index is 0.593. The fraction of sp³-hybridized carbons (Fsp3) is 0.429. The second-order valence-electron chi connectivity index (χ2n) is 4.47. The number of rotatable bonds is 7. The summed E-state index contributed by atoms with van der Waals surface area (Å²) in [6.07, 6.45) is 1.68. The Bertz CT molecular complexity index is 573. The molecule has 0 bridgehead atoms. The Balaban J connectivity index is 2.05. The summed E-state index contributed by atoms with van der Waals surface area (Å²) in [6.45, 7) is 1.24. The van der Waals surface area contributed by atoms with E-state index in [4.69, 9.17) is 14.2 Å². The van der Waals surface area contributed by atoms with Crippen LogP contribution in [0.2, 0.25) is 0 Å². The summed E-state index contributed by atoms with van der Waals surface area (Å²) >= 11 is 0. The van der Waals surface area contributed by atoms with Crippen molar-refractivity contribution in [1.29, 1.82) is 0 Å². The number of nitrogens with one attached hydrogen (secondary N) is 1. The second kappa shape index (κ2) is 6.94. The summed E-state index contributed by atoms with van der Waals surface area (Å²) < 4.78 is 17.6. The maximum absolute atomic E-state index is 5.33. The minimum absolute atomic E-state index is 0.593. The molecule has 21 heavy (non-hydrogen) atoms. The Morgan fingerprint density at radius 1 is 1.05 bits per heavy atom. The van der Waals surface area contributed by atoms with Crippen LogP contribution in [-0.2, 0) is 20.1 Å². The van der Waals surface area contributed by atoms with Crippen LogP contribution in [0.4, 0.5) is 0 Å². The normalized spacial score (nSPS) is 10.5. The van der Waals surface area contributed by atoms with Gasteiger partial charge in [-0.1, -0.05) is 0 Å². The van der Waals surface area contributed by atoms with Gasteiger partial charge in [0.2, 0.25) is 5.75 Å². The van der Waals surface area contributed by atoms with Gasteiger partial charge >= 0.3 is 0 Å². The number of aromatic nitrogens is 3. The number of ether oxygens (including phenoxy) is 3. The van der Waals surface area contributed by atoms with Gasteiger partial charge in [0, 0.05) is 13.6 Å². The van der Waals surface area contributed by atoms with E-state index < -0.39 is 0 Å². The van der Waals surface area contributed by atoms with Crippen molar-refractivity contribution in [3.8, 4) is 17.2 Å². The number of aryl methyl sites for hydroxylation is 1. The van der Waals surface area contributed by atoms with E-state index in [1.165, 1.54) is 0 Å². The van der Waals surface area contributed by atoms with Gasteiger partial charge in [-0.05, 0) is 17.7 Å². The molecule has 0 aliphatic heterocycles. The highest BCUT2D eigenvalue weighted by Crippen LogP contribution is 2.38. The van der Waals surface area contributed by atoms with E-state index in [0.29, 0.717) is 30.3 Å². The standard InChI is InChI=1S/C14H20N4O3/c1-18-9-16-13(17-18)8-15-7-10-5-11(19-2)14(21-4)12(6-10)20-3/h5-6,9,15H,7-8H2,1-4H3. The molecule has 0 radical (unpaired) electrons. The summed E-state index contributed by atoms with van der Waals surface area (Å²) in [5.41, 5.74) is 1.03. The van der Waals surface area contributed by atoms with E-state index >= 15 is 0 Å². The number of methoxy groups -OCH3 is 3. The van der Waals surface area contributed by atoms with Gasteiger partial charge in [-0.25, -0.2) is 4.98 Å². The van der Waals surface area contributed by atoms with Crippen LogP contribution in [0.1, 0.15) is 11.4 Å². The van der Waals surface area contributed by atoms with E-state index in [9.17, 15) is 0 Å². The zero-order chi connectivity index (χ0) is 15.2. The van der Waals surface area contributed by atoms with Crippen molar-refractivity contribution in [3.63, 3.8) is 0 Å². The Morgan fingerprint density at radius 2 is 1.71 bits per heavy atom. The van der Waals surface area contributed by atoms with Crippen LogP contribution in [-0.4, -0.2) is 36.1 Å². The molecule has 2 rings (SSSR count). The molecule has 0 amide bonds. The molecule has 0 atom stereocenters. The molecular weight excluding hydrogens is 272 g/mol. The van der Waals surface area contributed by atoms with Crippen molar-refractivity contribution < 1.29 is 14.2 Å². The largest absolute Gasteiger partial charge is 0.493 e. The van der Waals surface area contributed by atoms with E-state index in [2.05, 4.69) is 15.4 Å². The third kappa shape index (κ3) is 3.63. The monoisotopic (exact) mass is 292 g/mol. The molecule has 0 unspecified atom stereocenters. The molecule has 2 aromatic rings. The number of hydrogen-bond acceptors (Lipinski definition) is 6. The van der Waals surface area contributed by atoms with Crippen LogP contribution in [0.5, 0.6) is 17.2 Å². The van der Waals surface area contributed by atoms with Crippen molar-refractivity contribution in [2.24, 2.45) is 7.05 Å². The van der Waals surface area contributed by atoms with Gasteiger partial charge in [0.25, 0.3) is 0 Å². The van der Waals surface area contributed by atoms with Gasteiger partial charge in [-0.15, -0.1) is 0 Å². The van der Waals surface area contributed by atoms with Gasteiger partial charge in [0.05, 0.1) is 27.9 Å². The van der Waals surface area contributed by atoms with Crippen molar-refractivity contribution in [2.75, 3.05) is 21.3 Å². The third-order valence-electron chi connectivity index (χ3n) is 2.98. The summed E-state index contributed by atoms with van der Waals surface area (Å²) in [5, 5.41) is 7.49. The predicted octanol–water partition coefficient (Wildman–Crippen LogP) is 1.13. The van der Waals surface area contributed by atoms with E-state index in [-0.39, 0.29) is 0 Å². The molecule has 0 saturated carbocycles. The quantitative estimate of drug-likeness (QED) is 0.825. The average molecular weight is 292 g/mol. The zero-order valence-corrected chi connectivity index (χ0v) is 12.7. The first-order valence-electron chi connectivity index (χ1n) is 6.52. The first-order chi connectivity index (χ1) is 10.2. The summed E-state index contributed by atoms with van der Waals surface area (Å²) in [5.74, 6) is 2.63. The molecule has 1 N–H and O–H groups in total. The minimum Gasteiger partial charge on any atom is -0.493 e. The lowest BCUT2D eigenvalue weighted by Crippen LogP contribution is -2.14. The van der Waals surface area contributed by atoms with Crippen LogP contribution in [0.3, 0.4) is 0 Å². The van der Waals surface area contributed by atoms with Gasteiger partial charge in [0.15, 0.2) is 17.3 Å². The molecule has 1 aromatic heterocycles. The number of benzene rings is 1. The molecule has 7 nitrogen and oxygen atoms in total. The second-order valence-corrected chi connectivity index (χ2v) is 4.47. The number of hydrogen-bond donors (Lipinski definition) is 1. The highest BCUT2D eigenvalue weighted by atomic mass is 16.5. The van der Waals surface area contributed by atoms with Crippen molar-refractivity contribution >= 4 is 0 Å². The molecule has 0 aliphatic rings. The Hall–Kier alpha value is -2.28. The van der Waals surface area contributed by atoms with E-state index in [1.54, 1.807) is 32.3 Å². The lowest BCUT2D eigenvalue weighted by atomic mass is 10.1. The van der Waals surface area contributed by atoms with Gasteiger partial charge < -0.3 is 19.5 Å². The molecule has 114 valence electrons. The van der Waals surface area contributed by atoms with Gasteiger partial charge in [0.1, 0.15) is 6.33 Å². The van der Waals surface area contributed by atoms with E-state index in [1.807, 2.05) is 19.2 Å². The lowest BCUT2D eigenvalue weighted by Gasteiger charge is -2.14. The Labute approximate surface area is 123 Å². The third-order valence-corrected chi connectivity index (χ3v) is 2.98. The van der Waals surface area contributed by atoms with Gasteiger partial charge in [-0.3, -0.25) is 4.68 Å². The maximum atomic E-state index is 5.33. The molecule has 1 heterocycles. The fourth-order valence-electron chi connectivity index (χ4n) is 2.02. The molecule has 0 saturated heterocycles. The topological polar surface area (TPSA) is 70.4 Å². The molecule has 7 heteroatoms. The van der Waals surface area contributed by atoms with Gasteiger partial charge in [-0.2, -0.15) is 5.10 Å². The SMILES string of the molecule is COc1cc(CNCc2ncn(C)n2)cc(OC)c1OC. The van der Waals surface area contributed by atoms with Crippen LogP contribution < -0.4 is 19.5 Å². The molecule has 0 spiro atoms. The van der Waals surface area contributed by atoms with Crippen molar-refractivity contribution in [2.45, 2.75) is 13.1 Å². The Morgan fingerprint density at radius 3 is 2.19 bits per heavy atom. The highest BCUT2D eigenvalue weighted by Gasteiger charge is 2.13. The van der Waals surface area contributed by atoms with Crippen molar-refractivity contribution in [1.82, 2.24) is 20.1 Å². The van der Waals surface area contributed by atoms with Crippen LogP contribution in [0, 0.1) is 0 Å². The molecule has 1 aromatic carbocycles. The fourth-order valence-corrected chi connectivity index (χ4v) is 2.02. The Kier molecular flexibility index (Phi) is 4.99. The highest BCUT2D eigenvalue weighted by molar-refractivity contribution is 5.53. The summed E-state index contributed by atoms with van der Waals surface area (Å²) in [6, 6.07) is 3.83. The van der Waals surface area contributed by atoms with E-state index in [0.717, 1.165) is 11.4 Å². The van der Waals surface area contributed by atoms with Crippen LogP contribution in [0.25, 0.3) is 0 Å². The number of nitrogens with zero attached hydrogens (tertiary/aromatic N) is 3. The molecule has 0 fully saturated rings. The van der Waals surface area contributed by atoms with Crippen molar-refractivity contribution in [3.05, 3.63) is 29.8 Å². The van der Waals surface area contributed by atoms with Crippen LogP contribution in [0.15, 0.2) is 18.5 Å². The summed E-state index contributed by atoms with van der Waals surface area (Å²) in [4.78, 5) is 4.16. The lowest BCUT2D eigenvalue weighted by molar-refractivity contribution is 0.323. The van der Waals surface area contributed by atoms with Crippen LogP contribution >= 0.6 is 0 Å².